The molecule has 0 aliphatic heterocycles. The Morgan fingerprint density at radius 2 is 1.80 bits per heavy atom. The third-order valence-electron chi connectivity index (χ3n) is 3.04. The van der Waals surface area contributed by atoms with Gasteiger partial charge in [0.2, 0.25) is 0 Å². The summed E-state index contributed by atoms with van der Waals surface area (Å²) >= 11 is 3.41. The highest BCUT2D eigenvalue weighted by atomic mass is 79.9. The zero-order valence-corrected chi connectivity index (χ0v) is 12.9. The fourth-order valence-corrected chi connectivity index (χ4v) is 2.36. The Balaban J connectivity index is 2.43. The number of carbonyl (C=O) groups excluding carboxylic acids is 1. The highest BCUT2D eigenvalue weighted by molar-refractivity contribution is 9.10. The van der Waals surface area contributed by atoms with Crippen LogP contribution in [0.3, 0.4) is 0 Å². The topological polar surface area (TPSA) is 35.5 Å². The van der Waals surface area contributed by atoms with Gasteiger partial charge in [0.15, 0.2) is 6.29 Å². The SMILES string of the molecule is COc1cc(C=O)c(OC)c(Cc2ccc(Br)cc2)c1. The van der Waals surface area contributed by atoms with Crippen LogP contribution in [0.4, 0.5) is 0 Å². The monoisotopic (exact) mass is 334 g/mol. The van der Waals surface area contributed by atoms with Crippen LogP contribution in [0.15, 0.2) is 40.9 Å². The Hall–Kier alpha value is -1.81. The predicted molar refractivity (Wildman–Crippen MR) is 81.9 cm³/mol. The molecule has 3 nitrogen and oxygen atoms in total. The summed E-state index contributed by atoms with van der Waals surface area (Å²) in [5.74, 6) is 1.25. The third kappa shape index (κ3) is 3.20. The Bertz CT molecular complexity index is 606. The molecule has 0 aliphatic rings. The third-order valence-corrected chi connectivity index (χ3v) is 3.57. The maximum absolute atomic E-state index is 11.2. The van der Waals surface area contributed by atoms with Crippen molar-refractivity contribution >= 4 is 22.2 Å². The van der Waals surface area contributed by atoms with Crippen LogP contribution in [0.1, 0.15) is 21.5 Å². The van der Waals surface area contributed by atoms with Crippen molar-refractivity contribution in [2.45, 2.75) is 6.42 Å². The molecule has 0 saturated carbocycles. The molecule has 4 heteroatoms. The summed E-state index contributed by atoms with van der Waals surface area (Å²) in [6, 6.07) is 11.6. The number of hydrogen-bond donors (Lipinski definition) is 0. The van der Waals surface area contributed by atoms with Crippen LogP contribution in [0, 0.1) is 0 Å². The van der Waals surface area contributed by atoms with Gasteiger partial charge >= 0.3 is 0 Å². The first-order valence-electron chi connectivity index (χ1n) is 6.12. The van der Waals surface area contributed by atoms with Gasteiger partial charge in [-0.25, -0.2) is 0 Å². The standard InChI is InChI=1S/C16H15BrO3/c1-19-15-8-12(16(20-2)13(9-15)10-18)7-11-3-5-14(17)6-4-11/h3-6,8-10H,7H2,1-2H3. The van der Waals surface area contributed by atoms with Crippen molar-refractivity contribution in [2.24, 2.45) is 0 Å². The lowest BCUT2D eigenvalue weighted by molar-refractivity contribution is 0.112. The first-order chi connectivity index (χ1) is 9.67. The highest BCUT2D eigenvalue weighted by Gasteiger charge is 2.12. The molecule has 0 saturated heterocycles. The van der Waals surface area contributed by atoms with Gasteiger partial charge in [0, 0.05) is 16.5 Å². The van der Waals surface area contributed by atoms with Crippen LogP contribution in [0.5, 0.6) is 11.5 Å². The van der Waals surface area contributed by atoms with Crippen LogP contribution in [0.25, 0.3) is 0 Å². The van der Waals surface area contributed by atoms with Crippen molar-refractivity contribution in [3.63, 3.8) is 0 Å². The molecule has 0 amide bonds. The van der Waals surface area contributed by atoms with E-state index in [2.05, 4.69) is 15.9 Å². The summed E-state index contributed by atoms with van der Waals surface area (Å²) < 4.78 is 11.6. The quantitative estimate of drug-likeness (QED) is 0.778. The number of benzene rings is 2. The van der Waals surface area contributed by atoms with Gasteiger partial charge in [0.05, 0.1) is 19.8 Å². The molecular weight excluding hydrogens is 320 g/mol. The summed E-state index contributed by atoms with van der Waals surface area (Å²) in [7, 11) is 3.15. The number of ether oxygens (including phenoxy) is 2. The molecule has 0 N–H and O–H groups in total. The molecule has 0 unspecified atom stereocenters. The molecule has 20 heavy (non-hydrogen) atoms. The summed E-state index contributed by atoms with van der Waals surface area (Å²) in [5.41, 5.74) is 2.56. The van der Waals surface area contributed by atoms with Crippen LogP contribution < -0.4 is 9.47 Å². The largest absolute Gasteiger partial charge is 0.497 e. The van der Waals surface area contributed by atoms with Crippen molar-refractivity contribution in [3.8, 4) is 11.5 Å². The van der Waals surface area contributed by atoms with Gasteiger partial charge in [-0.1, -0.05) is 28.1 Å². The molecule has 0 atom stereocenters. The lowest BCUT2D eigenvalue weighted by Crippen LogP contribution is -1.99. The normalized spacial score (nSPS) is 10.2. The van der Waals surface area contributed by atoms with Gasteiger partial charge in [-0.3, -0.25) is 4.79 Å². The van der Waals surface area contributed by atoms with E-state index in [1.807, 2.05) is 30.3 Å². The first-order valence-corrected chi connectivity index (χ1v) is 6.91. The molecule has 0 heterocycles. The Morgan fingerprint density at radius 1 is 1.10 bits per heavy atom. The van der Waals surface area contributed by atoms with E-state index >= 15 is 0 Å². The fraction of sp³-hybridized carbons (Fsp3) is 0.188. The van der Waals surface area contributed by atoms with E-state index in [1.54, 1.807) is 20.3 Å². The van der Waals surface area contributed by atoms with Gasteiger partial charge in [0.25, 0.3) is 0 Å². The summed E-state index contributed by atoms with van der Waals surface area (Å²) in [6.45, 7) is 0. The number of rotatable bonds is 5. The number of hydrogen-bond acceptors (Lipinski definition) is 3. The molecule has 2 rings (SSSR count). The van der Waals surface area contributed by atoms with E-state index in [0.29, 0.717) is 23.5 Å². The van der Waals surface area contributed by atoms with E-state index in [9.17, 15) is 4.79 Å². The number of aldehydes is 1. The zero-order chi connectivity index (χ0) is 14.5. The van der Waals surface area contributed by atoms with Gasteiger partial charge in [-0.2, -0.15) is 0 Å². The second kappa shape index (κ2) is 6.57. The minimum atomic E-state index is 0.499. The van der Waals surface area contributed by atoms with Crippen molar-refractivity contribution in [3.05, 3.63) is 57.6 Å². The van der Waals surface area contributed by atoms with Crippen LogP contribution in [-0.2, 0) is 6.42 Å². The Morgan fingerprint density at radius 3 is 2.35 bits per heavy atom. The van der Waals surface area contributed by atoms with Crippen molar-refractivity contribution in [2.75, 3.05) is 14.2 Å². The summed E-state index contributed by atoms with van der Waals surface area (Å²) in [4.78, 5) is 11.2. The van der Waals surface area contributed by atoms with Crippen molar-refractivity contribution < 1.29 is 14.3 Å². The van der Waals surface area contributed by atoms with Crippen molar-refractivity contribution in [1.29, 1.82) is 0 Å². The molecule has 0 fully saturated rings. The molecule has 2 aromatic carbocycles. The second-order valence-corrected chi connectivity index (χ2v) is 5.25. The van der Waals surface area contributed by atoms with Gasteiger partial charge < -0.3 is 9.47 Å². The Labute approximate surface area is 126 Å². The van der Waals surface area contributed by atoms with Crippen molar-refractivity contribution in [1.82, 2.24) is 0 Å². The van der Waals surface area contributed by atoms with Gasteiger partial charge in [-0.15, -0.1) is 0 Å². The average Bonchev–Trinajstić information content (AvgIpc) is 2.48. The van der Waals surface area contributed by atoms with Gasteiger partial charge in [-0.05, 0) is 29.8 Å². The summed E-state index contributed by atoms with van der Waals surface area (Å²) in [6.07, 6.45) is 1.46. The molecule has 0 aliphatic carbocycles. The van der Waals surface area contributed by atoms with E-state index < -0.39 is 0 Å². The average molecular weight is 335 g/mol. The fourth-order valence-electron chi connectivity index (χ4n) is 2.09. The first kappa shape index (κ1) is 14.6. The summed E-state index contributed by atoms with van der Waals surface area (Å²) in [5, 5.41) is 0. The molecule has 2 aromatic rings. The highest BCUT2D eigenvalue weighted by Crippen LogP contribution is 2.30. The molecule has 0 bridgehead atoms. The van der Waals surface area contributed by atoms with E-state index in [4.69, 9.17) is 9.47 Å². The maximum Gasteiger partial charge on any atom is 0.153 e. The zero-order valence-electron chi connectivity index (χ0n) is 11.4. The molecule has 0 spiro atoms. The minimum Gasteiger partial charge on any atom is -0.497 e. The molecule has 0 aromatic heterocycles. The second-order valence-electron chi connectivity index (χ2n) is 4.33. The number of methoxy groups -OCH3 is 2. The smallest absolute Gasteiger partial charge is 0.153 e. The Kier molecular flexibility index (Phi) is 4.79. The van der Waals surface area contributed by atoms with E-state index in [0.717, 1.165) is 21.9 Å². The van der Waals surface area contributed by atoms with Crippen LogP contribution in [-0.4, -0.2) is 20.5 Å². The minimum absolute atomic E-state index is 0.499. The lowest BCUT2D eigenvalue weighted by atomic mass is 10.0. The lowest BCUT2D eigenvalue weighted by Gasteiger charge is -2.13. The van der Waals surface area contributed by atoms with Crippen LogP contribution >= 0.6 is 15.9 Å². The predicted octanol–water partition coefficient (Wildman–Crippen LogP) is 3.87. The molecular formula is C16H15BrO3. The molecule has 0 radical (unpaired) electrons. The molecule has 104 valence electrons. The number of halogens is 1. The van der Waals surface area contributed by atoms with E-state index in [1.165, 1.54) is 0 Å². The van der Waals surface area contributed by atoms with E-state index in [-0.39, 0.29) is 0 Å². The van der Waals surface area contributed by atoms with Crippen LogP contribution in [0.2, 0.25) is 0 Å². The maximum atomic E-state index is 11.2. The number of carbonyl (C=O) groups is 1. The van der Waals surface area contributed by atoms with Gasteiger partial charge in [0.1, 0.15) is 11.5 Å².